The molecular weight excluding hydrogens is 432 g/mol. The number of carbonyl (C=O) groups is 1. The summed E-state index contributed by atoms with van der Waals surface area (Å²) in [6, 6.07) is 32.8. The van der Waals surface area contributed by atoms with E-state index < -0.39 is 0 Å². The summed E-state index contributed by atoms with van der Waals surface area (Å²) in [6.07, 6.45) is 1.78. The Morgan fingerprint density at radius 2 is 1.51 bits per heavy atom. The van der Waals surface area contributed by atoms with Gasteiger partial charge in [-0.3, -0.25) is 9.69 Å². The van der Waals surface area contributed by atoms with Crippen LogP contribution >= 0.6 is 0 Å². The molecule has 0 saturated carbocycles. The Labute approximate surface area is 207 Å². The molecule has 0 bridgehead atoms. The van der Waals surface area contributed by atoms with Crippen LogP contribution in [0.4, 0.5) is 0 Å². The van der Waals surface area contributed by atoms with Gasteiger partial charge in [0, 0.05) is 12.5 Å². The lowest BCUT2D eigenvalue weighted by Crippen LogP contribution is -2.40. The number of nitrogens with zero attached hydrogens (tertiary/aromatic N) is 1. The van der Waals surface area contributed by atoms with Gasteiger partial charge in [0.15, 0.2) is 0 Å². The molecule has 0 spiro atoms. The third-order valence-electron chi connectivity index (χ3n) is 6.92. The van der Waals surface area contributed by atoms with E-state index >= 15 is 0 Å². The normalized spacial score (nSPS) is 15.6. The maximum absolute atomic E-state index is 13.0. The van der Waals surface area contributed by atoms with Crippen LogP contribution in [0.1, 0.15) is 36.9 Å². The maximum atomic E-state index is 13.0. The zero-order valence-corrected chi connectivity index (χ0v) is 20.2. The number of para-hydroxylation sites is 1. The molecule has 5 rings (SSSR count). The number of fused-ring (bicyclic) bond motifs is 1. The maximum Gasteiger partial charge on any atom is 0.223 e. The summed E-state index contributed by atoms with van der Waals surface area (Å²) in [4.78, 5) is 15.5. The first-order chi connectivity index (χ1) is 17.2. The second-order valence-electron chi connectivity index (χ2n) is 9.41. The highest BCUT2D eigenvalue weighted by Crippen LogP contribution is 2.26. The lowest BCUT2D eigenvalue weighted by Gasteiger charge is -2.32. The van der Waals surface area contributed by atoms with E-state index in [-0.39, 0.29) is 17.9 Å². The molecule has 1 fully saturated rings. The molecule has 35 heavy (non-hydrogen) atoms. The largest absolute Gasteiger partial charge is 0.457 e. The summed E-state index contributed by atoms with van der Waals surface area (Å²) in [5.74, 6) is 1.93. The minimum absolute atomic E-state index is 0.0109. The number of ether oxygens (including phenoxy) is 1. The quantitative estimate of drug-likeness (QED) is 0.330. The minimum Gasteiger partial charge on any atom is -0.457 e. The van der Waals surface area contributed by atoms with Gasteiger partial charge in [-0.25, -0.2) is 0 Å². The number of carbonyl (C=O) groups excluding carboxylic acids is 1. The molecule has 4 nitrogen and oxygen atoms in total. The van der Waals surface area contributed by atoms with E-state index in [1.165, 1.54) is 21.9 Å². The number of benzene rings is 4. The lowest BCUT2D eigenvalue weighted by molar-refractivity contribution is -0.127. The zero-order chi connectivity index (χ0) is 24.0. The molecule has 1 saturated heterocycles. The van der Waals surface area contributed by atoms with Crippen LogP contribution in [0.25, 0.3) is 10.8 Å². The molecule has 1 amide bonds. The predicted molar refractivity (Wildman–Crippen MR) is 141 cm³/mol. The highest BCUT2D eigenvalue weighted by Gasteiger charge is 2.26. The number of hydrogen-bond acceptors (Lipinski definition) is 3. The van der Waals surface area contributed by atoms with Gasteiger partial charge in [-0.1, -0.05) is 72.8 Å². The average Bonchev–Trinajstić information content (AvgIpc) is 2.90. The highest BCUT2D eigenvalue weighted by molar-refractivity contribution is 5.87. The molecule has 4 heteroatoms. The Morgan fingerprint density at radius 1 is 0.857 bits per heavy atom. The average molecular weight is 465 g/mol. The fraction of sp³-hybridized carbons (Fsp3) is 0.258. The van der Waals surface area contributed by atoms with Crippen molar-refractivity contribution in [2.75, 3.05) is 13.1 Å². The number of rotatable bonds is 7. The van der Waals surface area contributed by atoms with Crippen LogP contribution in [0.3, 0.4) is 0 Å². The number of hydrogen-bond donors (Lipinski definition) is 1. The van der Waals surface area contributed by atoms with Gasteiger partial charge >= 0.3 is 0 Å². The van der Waals surface area contributed by atoms with Crippen molar-refractivity contribution >= 4 is 16.7 Å². The zero-order valence-electron chi connectivity index (χ0n) is 20.2. The molecular formula is C31H32N2O2. The molecule has 178 valence electrons. The van der Waals surface area contributed by atoms with Gasteiger partial charge in [0.2, 0.25) is 5.91 Å². The molecule has 1 aliphatic heterocycles. The second-order valence-corrected chi connectivity index (χ2v) is 9.41. The molecule has 0 aliphatic carbocycles. The van der Waals surface area contributed by atoms with Crippen LogP contribution in [0.15, 0.2) is 97.1 Å². The van der Waals surface area contributed by atoms with Crippen molar-refractivity contribution in [1.82, 2.24) is 10.2 Å². The Bertz CT molecular complexity index is 1260. The molecule has 1 heterocycles. The summed E-state index contributed by atoms with van der Waals surface area (Å²) in [5.41, 5.74) is 2.44. The summed E-state index contributed by atoms with van der Waals surface area (Å²) in [7, 11) is 0. The van der Waals surface area contributed by atoms with Crippen molar-refractivity contribution in [3.05, 3.63) is 108 Å². The minimum atomic E-state index is -0.0109. The van der Waals surface area contributed by atoms with E-state index in [2.05, 4.69) is 71.7 Å². The first kappa shape index (κ1) is 23.1. The summed E-state index contributed by atoms with van der Waals surface area (Å²) < 4.78 is 5.89. The first-order valence-corrected chi connectivity index (χ1v) is 12.5. The SMILES string of the molecule is CC(NC(=O)C1CCN(Cc2ccc(Oc3ccccc3)cc2)CC1)c1cccc2ccccc12. The van der Waals surface area contributed by atoms with Crippen molar-refractivity contribution in [2.45, 2.75) is 32.4 Å². The van der Waals surface area contributed by atoms with E-state index in [4.69, 9.17) is 4.74 Å². The van der Waals surface area contributed by atoms with Crippen molar-refractivity contribution in [2.24, 2.45) is 5.92 Å². The Morgan fingerprint density at radius 3 is 2.29 bits per heavy atom. The lowest BCUT2D eigenvalue weighted by atomic mass is 9.94. The number of likely N-dealkylation sites (tertiary alicyclic amines) is 1. The molecule has 4 aromatic carbocycles. The molecule has 0 radical (unpaired) electrons. The molecule has 4 aromatic rings. The summed E-state index contributed by atoms with van der Waals surface area (Å²) in [5, 5.41) is 5.69. The Kier molecular flexibility index (Phi) is 7.10. The molecule has 1 N–H and O–H groups in total. The van der Waals surface area contributed by atoms with Crippen molar-refractivity contribution in [3.63, 3.8) is 0 Å². The van der Waals surface area contributed by atoms with Gasteiger partial charge < -0.3 is 10.1 Å². The van der Waals surface area contributed by atoms with Crippen molar-refractivity contribution in [1.29, 1.82) is 0 Å². The van der Waals surface area contributed by atoms with Crippen molar-refractivity contribution in [3.8, 4) is 11.5 Å². The topological polar surface area (TPSA) is 41.6 Å². The monoisotopic (exact) mass is 464 g/mol. The van der Waals surface area contributed by atoms with Gasteiger partial charge in [-0.15, -0.1) is 0 Å². The van der Waals surface area contributed by atoms with Gasteiger partial charge in [0.05, 0.1) is 6.04 Å². The smallest absolute Gasteiger partial charge is 0.223 e. The van der Waals surface area contributed by atoms with E-state index in [0.717, 1.165) is 44.0 Å². The third-order valence-corrected chi connectivity index (χ3v) is 6.92. The molecule has 1 unspecified atom stereocenters. The number of nitrogens with one attached hydrogen (secondary N) is 1. The van der Waals surface area contributed by atoms with Crippen molar-refractivity contribution < 1.29 is 9.53 Å². The third kappa shape index (κ3) is 5.72. The fourth-order valence-electron chi connectivity index (χ4n) is 4.94. The number of amides is 1. The van der Waals surface area contributed by atoms with Crippen LogP contribution in [-0.4, -0.2) is 23.9 Å². The van der Waals surface area contributed by atoms with E-state index in [1.54, 1.807) is 0 Å². The van der Waals surface area contributed by atoms with E-state index in [0.29, 0.717) is 0 Å². The van der Waals surface area contributed by atoms with Gasteiger partial charge in [0.1, 0.15) is 11.5 Å². The van der Waals surface area contributed by atoms with Crippen LogP contribution in [0.5, 0.6) is 11.5 Å². The van der Waals surface area contributed by atoms with E-state index in [9.17, 15) is 4.79 Å². The van der Waals surface area contributed by atoms with E-state index in [1.807, 2.05) is 42.5 Å². The van der Waals surface area contributed by atoms with Crippen LogP contribution < -0.4 is 10.1 Å². The number of piperidine rings is 1. The van der Waals surface area contributed by atoms with Gasteiger partial charge in [-0.05, 0) is 79.0 Å². The first-order valence-electron chi connectivity index (χ1n) is 12.5. The van der Waals surface area contributed by atoms with Crippen LogP contribution in [0, 0.1) is 5.92 Å². The molecule has 1 atom stereocenters. The van der Waals surface area contributed by atoms with Gasteiger partial charge in [0.25, 0.3) is 0 Å². The van der Waals surface area contributed by atoms with Gasteiger partial charge in [-0.2, -0.15) is 0 Å². The summed E-state index contributed by atoms with van der Waals surface area (Å²) in [6.45, 7) is 4.85. The Hall–Kier alpha value is -3.63. The molecule has 0 aromatic heterocycles. The second kappa shape index (κ2) is 10.7. The summed E-state index contributed by atoms with van der Waals surface area (Å²) >= 11 is 0. The highest BCUT2D eigenvalue weighted by atomic mass is 16.5. The predicted octanol–water partition coefficient (Wildman–Crippen LogP) is 6.72. The van der Waals surface area contributed by atoms with Crippen LogP contribution in [-0.2, 0) is 11.3 Å². The Balaban J connectivity index is 1.11. The van der Waals surface area contributed by atoms with Crippen LogP contribution in [0.2, 0.25) is 0 Å². The standard InChI is InChI=1S/C31H32N2O2/c1-23(29-13-7-9-25-8-5-6-12-30(25)29)32-31(34)26-18-20-33(21-19-26)22-24-14-16-28(17-15-24)35-27-10-3-2-4-11-27/h2-17,23,26H,18-22H2,1H3,(H,32,34). The fourth-order valence-corrected chi connectivity index (χ4v) is 4.94. The molecule has 1 aliphatic rings.